The van der Waals surface area contributed by atoms with Crippen LogP contribution < -0.4 is 0 Å². The fourth-order valence-electron chi connectivity index (χ4n) is 3.60. The summed E-state index contributed by atoms with van der Waals surface area (Å²) in [6.07, 6.45) is 3.43. The topological polar surface area (TPSA) is 74.8 Å². The van der Waals surface area contributed by atoms with Gasteiger partial charge in [0.2, 0.25) is 5.65 Å². The van der Waals surface area contributed by atoms with E-state index in [2.05, 4.69) is 41.2 Å². The summed E-state index contributed by atoms with van der Waals surface area (Å²) in [7, 11) is 1.89. The molecule has 0 aliphatic heterocycles. The van der Waals surface area contributed by atoms with Crippen LogP contribution in [0.1, 0.15) is 50.5 Å². The van der Waals surface area contributed by atoms with Crippen LogP contribution in [0.5, 0.6) is 0 Å². The van der Waals surface area contributed by atoms with Crippen molar-refractivity contribution in [1.82, 2.24) is 25.3 Å². The van der Waals surface area contributed by atoms with E-state index in [-0.39, 0.29) is 17.4 Å². The molecule has 0 spiro atoms. The van der Waals surface area contributed by atoms with Gasteiger partial charge >= 0.3 is 0 Å². The molecule has 6 heteroatoms. The van der Waals surface area contributed by atoms with Crippen molar-refractivity contribution in [2.24, 2.45) is 11.3 Å². The highest BCUT2D eigenvalue weighted by molar-refractivity contribution is 5.94. The summed E-state index contributed by atoms with van der Waals surface area (Å²) in [6, 6.07) is 3.79. The maximum atomic E-state index is 12.8. The summed E-state index contributed by atoms with van der Waals surface area (Å²) in [5.41, 5.74) is 1.80. The van der Waals surface area contributed by atoms with Gasteiger partial charge in [-0.3, -0.25) is 4.79 Å². The number of aromatic nitrogens is 4. The van der Waals surface area contributed by atoms with Crippen LogP contribution in [0.25, 0.3) is 11.2 Å². The van der Waals surface area contributed by atoms with Gasteiger partial charge in [-0.2, -0.15) is 10.3 Å². The van der Waals surface area contributed by atoms with Crippen molar-refractivity contribution in [1.29, 1.82) is 0 Å². The van der Waals surface area contributed by atoms with Gasteiger partial charge in [0.05, 0.1) is 0 Å². The zero-order valence-electron chi connectivity index (χ0n) is 13.6. The molecule has 0 saturated heterocycles. The molecule has 0 aromatic carbocycles. The molecule has 1 aliphatic rings. The Morgan fingerprint density at radius 3 is 2.77 bits per heavy atom. The first-order valence-electron chi connectivity index (χ1n) is 7.82. The van der Waals surface area contributed by atoms with Crippen molar-refractivity contribution in [3.63, 3.8) is 0 Å². The molecule has 22 heavy (non-hydrogen) atoms. The Labute approximate surface area is 130 Å². The second-order valence-corrected chi connectivity index (χ2v) is 7.25. The summed E-state index contributed by atoms with van der Waals surface area (Å²) in [5.74, 6) is 0.489. The minimum atomic E-state index is -0.0361. The number of rotatable bonds is 2. The van der Waals surface area contributed by atoms with Gasteiger partial charge in [-0.15, -0.1) is 5.10 Å². The van der Waals surface area contributed by atoms with E-state index in [1.54, 1.807) is 12.1 Å². The maximum Gasteiger partial charge on any atom is 0.272 e. The van der Waals surface area contributed by atoms with Crippen LogP contribution in [0, 0.1) is 11.3 Å². The van der Waals surface area contributed by atoms with Crippen LogP contribution in [0.3, 0.4) is 0 Å². The zero-order valence-corrected chi connectivity index (χ0v) is 13.6. The van der Waals surface area contributed by atoms with Crippen molar-refractivity contribution in [2.75, 3.05) is 7.05 Å². The number of fused-ring (bicyclic) bond motifs is 1. The second-order valence-electron chi connectivity index (χ2n) is 7.25. The van der Waals surface area contributed by atoms with Crippen LogP contribution in [0.4, 0.5) is 0 Å². The molecule has 2 aromatic rings. The van der Waals surface area contributed by atoms with Crippen molar-refractivity contribution < 1.29 is 4.79 Å². The summed E-state index contributed by atoms with van der Waals surface area (Å²) >= 11 is 0. The van der Waals surface area contributed by atoms with Crippen LogP contribution in [-0.4, -0.2) is 44.3 Å². The molecule has 1 saturated carbocycles. The fraction of sp³-hybridized carbons (Fsp3) is 0.625. The highest BCUT2D eigenvalue weighted by atomic mass is 16.2. The van der Waals surface area contributed by atoms with E-state index in [0.717, 1.165) is 6.42 Å². The standard InChI is InChI=1S/C16H23N5O/c1-16(2,3)10-6-5-7-13(10)21(4)15(22)12-9-8-11-14(17-12)19-20-18-11/h8-10,13H,5-7H2,1-4H3,(H,17,18,19,20). The minimum absolute atomic E-state index is 0.0361. The first-order valence-corrected chi connectivity index (χ1v) is 7.82. The van der Waals surface area contributed by atoms with E-state index in [0.29, 0.717) is 22.8 Å². The molecule has 1 N–H and O–H groups in total. The van der Waals surface area contributed by atoms with Gasteiger partial charge in [-0.1, -0.05) is 27.2 Å². The smallest absolute Gasteiger partial charge is 0.272 e. The summed E-state index contributed by atoms with van der Waals surface area (Å²) < 4.78 is 0. The average Bonchev–Trinajstić information content (AvgIpc) is 3.12. The summed E-state index contributed by atoms with van der Waals surface area (Å²) in [5, 5.41) is 10.4. The highest BCUT2D eigenvalue weighted by Crippen LogP contribution is 2.41. The number of hydrogen-bond donors (Lipinski definition) is 1. The largest absolute Gasteiger partial charge is 0.337 e. The SMILES string of the molecule is CN(C(=O)c1ccc2n[nH]nc2n1)C1CCCC1C(C)(C)C. The number of pyridine rings is 1. The molecule has 2 unspecified atom stereocenters. The lowest BCUT2D eigenvalue weighted by atomic mass is 9.77. The van der Waals surface area contributed by atoms with Gasteiger partial charge in [0, 0.05) is 13.1 Å². The Hall–Kier alpha value is -1.98. The van der Waals surface area contributed by atoms with Gasteiger partial charge < -0.3 is 4.90 Å². The minimum Gasteiger partial charge on any atom is -0.337 e. The molecule has 3 rings (SSSR count). The molecule has 2 heterocycles. The molecule has 118 valence electrons. The first-order chi connectivity index (χ1) is 10.4. The lowest BCUT2D eigenvalue weighted by Crippen LogP contribution is -2.43. The Balaban J connectivity index is 1.84. The summed E-state index contributed by atoms with van der Waals surface area (Å²) in [6.45, 7) is 6.77. The number of carbonyl (C=O) groups is 1. The Bertz CT molecular complexity index is 687. The molecular formula is C16H23N5O. The van der Waals surface area contributed by atoms with Gasteiger partial charge in [-0.25, -0.2) is 4.98 Å². The molecular weight excluding hydrogens is 278 g/mol. The molecule has 1 aliphatic carbocycles. The van der Waals surface area contributed by atoms with Crippen LogP contribution in [-0.2, 0) is 0 Å². The highest BCUT2D eigenvalue weighted by Gasteiger charge is 2.39. The third-order valence-electron chi connectivity index (χ3n) is 4.81. The fourth-order valence-corrected chi connectivity index (χ4v) is 3.60. The van der Waals surface area contributed by atoms with Gasteiger partial charge in [0.15, 0.2) is 0 Å². The van der Waals surface area contributed by atoms with E-state index >= 15 is 0 Å². The third-order valence-corrected chi connectivity index (χ3v) is 4.81. The van der Waals surface area contributed by atoms with E-state index in [1.807, 2.05) is 11.9 Å². The second kappa shape index (κ2) is 5.34. The predicted octanol–water partition coefficient (Wildman–Crippen LogP) is 2.64. The molecule has 2 atom stereocenters. The van der Waals surface area contributed by atoms with Crippen molar-refractivity contribution >= 4 is 17.1 Å². The molecule has 1 fully saturated rings. The number of amides is 1. The van der Waals surface area contributed by atoms with E-state index in [4.69, 9.17) is 0 Å². The Morgan fingerprint density at radius 1 is 1.27 bits per heavy atom. The number of nitrogens with zero attached hydrogens (tertiary/aromatic N) is 4. The molecule has 0 bridgehead atoms. The monoisotopic (exact) mass is 301 g/mol. The van der Waals surface area contributed by atoms with Gasteiger partial charge in [-0.05, 0) is 36.3 Å². The number of H-pyrrole nitrogens is 1. The molecule has 0 radical (unpaired) electrons. The van der Waals surface area contributed by atoms with E-state index < -0.39 is 0 Å². The molecule has 1 amide bonds. The predicted molar refractivity (Wildman–Crippen MR) is 84.4 cm³/mol. The number of carbonyl (C=O) groups excluding carboxylic acids is 1. The zero-order chi connectivity index (χ0) is 15.9. The average molecular weight is 301 g/mol. The van der Waals surface area contributed by atoms with Gasteiger partial charge in [0.25, 0.3) is 5.91 Å². The number of hydrogen-bond acceptors (Lipinski definition) is 4. The third kappa shape index (κ3) is 2.58. The molecule has 6 nitrogen and oxygen atoms in total. The van der Waals surface area contributed by atoms with Crippen molar-refractivity contribution in [3.8, 4) is 0 Å². The first kappa shape index (κ1) is 14.9. The van der Waals surface area contributed by atoms with Crippen LogP contribution in [0.15, 0.2) is 12.1 Å². The summed E-state index contributed by atoms with van der Waals surface area (Å²) in [4.78, 5) is 19.0. The quantitative estimate of drug-likeness (QED) is 0.925. The van der Waals surface area contributed by atoms with Crippen molar-refractivity contribution in [3.05, 3.63) is 17.8 Å². The maximum absolute atomic E-state index is 12.8. The Morgan fingerprint density at radius 2 is 2.05 bits per heavy atom. The van der Waals surface area contributed by atoms with Crippen molar-refractivity contribution in [2.45, 2.75) is 46.1 Å². The normalized spacial score (nSPS) is 22.2. The van der Waals surface area contributed by atoms with E-state index in [1.165, 1.54) is 12.8 Å². The van der Waals surface area contributed by atoms with Crippen LogP contribution in [0.2, 0.25) is 0 Å². The number of nitrogens with one attached hydrogen (secondary N) is 1. The number of aromatic amines is 1. The van der Waals surface area contributed by atoms with Gasteiger partial charge in [0.1, 0.15) is 11.2 Å². The lowest BCUT2D eigenvalue weighted by Gasteiger charge is -2.37. The Kier molecular flexibility index (Phi) is 3.62. The molecule has 2 aromatic heterocycles. The van der Waals surface area contributed by atoms with Crippen LogP contribution >= 0.6 is 0 Å². The lowest BCUT2D eigenvalue weighted by molar-refractivity contribution is 0.0607. The van der Waals surface area contributed by atoms with E-state index in [9.17, 15) is 4.79 Å².